The van der Waals surface area contributed by atoms with Gasteiger partial charge in [0.25, 0.3) is 0 Å². The minimum Gasteiger partial charge on any atom is -0.486 e. The van der Waals surface area contributed by atoms with Crippen molar-refractivity contribution in [1.29, 1.82) is 0 Å². The molecule has 2 amide bonds. The number of halogens is 1. The molecule has 120 valence electrons. The second kappa shape index (κ2) is 7.24. The fraction of sp³-hybridized carbons (Fsp3) is 0.235. The molecule has 1 heterocycles. The minimum absolute atomic E-state index is 0.227. The standard InChI is InChI=1S/C17H17ClN2O3/c18-14-4-1-12(2-5-14)10-19-17(21)20-11-13-3-6-15-16(9-13)23-8-7-22-15/h1-6,9H,7-8,10-11H2,(H2,19,20,21). The molecule has 0 radical (unpaired) electrons. The molecule has 5 nitrogen and oxygen atoms in total. The van der Waals surface area contributed by atoms with Gasteiger partial charge in [0.2, 0.25) is 0 Å². The topological polar surface area (TPSA) is 59.6 Å². The number of urea groups is 1. The van der Waals surface area contributed by atoms with Crippen molar-refractivity contribution in [2.75, 3.05) is 13.2 Å². The zero-order chi connectivity index (χ0) is 16.1. The van der Waals surface area contributed by atoms with Gasteiger partial charge in [0.1, 0.15) is 13.2 Å². The molecule has 2 N–H and O–H groups in total. The number of fused-ring (bicyclic) bond motifs is 1. The maximum absolute atomic E-state index is 11.8. The molecule has 23 heavy (non-hydrogen) atoms. The van der Waals surface area contributed by atoms with Gasteiger partial charge in [0.15, 0.2) is 11.5 Å². The number of hydrogen-bond donors (Lipinski definition) is 2. The van der Waals surface area contributed by atoms with Crippen LogP contribution in [0.1, 0.15) is 11.1 Å². The smallest absolute Gasteiger partial charge is 0.315 e. The van der Waals surface area contributed by atoms with Crippen molar-refractivity contribution in [1.82, 2.24) is 10.6 Å². The molecular weight excluding hydrogens is 316 g/mol. The van der Waals surface area contributed by atoms with E-state index in [0.29, 0.717) is 31.3 Å². The lowest BCUT2D eigenvalue weighted by atomic mass is 10.2. The highest BCUT2D eigenvalue weighted by Gasteiger charge is 2.11. The summed E-state index contributed by atoms with van der Waals surface area (Å²) in [5.41, 5.74) is 1.94. The minimum atomic E-state index is -0.227. The molecule has 0 spiro atoms. The fourth-order valence-electron chi connectivity index (χ4n) is 2.23. The molecule has 0 fully saturated rings. The SMILES string of the molecule is O=C(NCc1ccc(Cl)cc1)NCc1ccc2c(c1)OCCO2. The van der Waals surface area contributed by atoms with Crippen molar-refractivity contribution in [3.8, 4) is 11.5 Å². The normalized spacial score (nSPS) is 12.6. The summed E-state index contributed by atoms with van der Waals surface area (Å²) in [6.45, 7) is 1.98. The Morgan fingerprint density at radius 3 is 2.26 bits per heavy atom. The average Bonchev–Trinajstić information content (AvgIpc) is 2.59. The van der Waals surface area contributed by atoms with Crippen LogP contribution in [-0.4, -0.2) is 19.2 Å². The van der Waals surface area contributed by atoms with Crippen LogP contribution in [0.4, 0.5) is 4.79 Å². The zero-order valence-corrected chi connectivity index (χ0v) is 13.2. The quantitative estimate of drug-likeness (QED) is 0.904. The van der Waals surface area contributed by atoms with Gasteiger partial charge in [0.05, 0.1) is 0 Å². The second-order valence-electron chi connectivity index (χ2n) is 5.14. The number of hydrogen-bond acceptors (Lipinski definition) is 3. The number of amides is 2. The van der Waals surface area contributed by atoms with Gasteiger partial charge in [-0.05, 0) is 35.4 Å². The molecule has 6 heteroatoms. The number of nitrogens with one attached hydrogen (secondary N) is 2. The van der Waals surface area contributed by atoms with Gasteiger partial charge >= 0.3 is 6.03 Å². The van der Waals surface area contributed by atoms with Crippen molar-refractivity contribution in [2.45, 2.75) is 13.1 Å². The Morgan fingerprint density at radius 1 is 0.913 bits per heavy atom. The molecule has 3 rings (SSSR count). The van der Waals surface area contributed by atoms with Gasteiger partial charge in [0, 0.05) is 18.1 Å². The van der Waals surface area contributed by atoms with Crippen LogP contribution in [0.25, 0.3) is 0 Å². The van der Waals surface area contributed by atoms with E-state index in [2.05, 4.69) is 10.6 Å². The van der Waals surface area contributed by atoms with E-state index in [4.69, 9.17) is 21.1 Å². The molecule has 0 atom stereocenters. The molecule has 2 aromatic carbocycles. The fourth-order valence-corrected chi connectivity index (χ4v) is 2.35. The van der Waals surface area contributed by atoms with Crippen molar-refractivity contribution < 1.29 is 14.3 Å². The summed E-state index contributed by atoms with van der Waals surface area (Å²) >= 11 is 5.82. The van der Waals surface area contributed by atoms with Crippen molar-refractivity contribution in [3.05, 3.63) is 58.6 Å². The number of ether oxygens (including phenoxy) is 2. The van der Waals surface area contributed by atoms with Crippen molar-refractivity contribution in [3.63, 3.8) is 0 Å². The Hall–Kier alpha value is -2.40. The van der Waals surface area contributed by atoms with Crippen molar-refractivity contribution >= 4 is 17.6 Å². The molecular formula is C17H17ClN2O3. The second-order valence-corrected chi connectivity index (χ2v) is 5.58. The van der Waals surface area contributed by atoms with Gasteiger partial charge in [-0.15, -0.1) is 0 Å². The first-order valence-electron chi connectivity index (χ1n) is 7.35. The molecule has 0 aromatic heterocycles. The third kappa shape index (κ3) is 4.29. The Bertz CT molecular complexity index is 689. The van der Waals surface area contributed by atoms with Crippen molar-refractivity contribution in [2.24, 2.45) is 0 Å². The predicted molar refractivity (Wildman–Crippen MR) is 88.0 cm³/mol. The van der Waals surface area contributed by atoms with E-state index in [9.17, 15) is 4.79 Å². The van der Waals surface area contributed by atoms with Gasteiger partial charge in [-0.2, -0.15) is 0 Å². The first-order valence-corrected chi connectivity index (χ1v) is 7.73. The summed E-state index contributed by atoms with van der Waals surface area (Å²) < 4.78 is 11.0. The van der Waals surface area contributed by atoms with Gasteiger partial charge < -0.3 is 20.1 Å². The van der Waals surface area contributed by atoms with Crippen LogP contribution in [0, 0.1) is 0 Å². The van der Waals surface area contributed by atoms with E-state index in [1.807, 2.05) is 30.3 Å². The summed E-state index contributed by atoms with van der Waals surface area (Å²) in [5.74, 6) is 1.46. The third-order valence-corrected chi connectivity index (χ3v) is 3.68. The lowest BCUT2D eigenvalue weighted by Gasteiger charge is -2.19. The monoisotopic (exact) mass is 332 g/mol. The zero-order valence-electron chi connectivity index (χ0n) is 12.5. The molecule has 0 saturated heterocycles. The summed E-state index contributed by atoms with van der Waals surface area (Å²) in [7, 11) is 0. The molecule has 2 aromatic rings. The highest BCUT2D eigenvalue weighted by Crippen LogP contribution is 2.30. The first kappa shape index (κ1) is 15.5. The Balaban J connectivity index is 1.48. The summed E-state index contributed by atoms with van der Waals surface area (Å²) in [5, 5.41) is 6.29. The largest absolute Gasteiger partial charge is 0.486 e. The number of carbonyl (C=O) groups excluding carboxylic acids is 1. The summed E-state index contributed by atoms with van der Waals surface area (Å²) in [6.07, 6.45) is 0. The third-order valence-electron chi connectivity index (χ3n) is 3.43. The molecule has 0 aliphatic carbocycles. The Morgan fingerprint density at radius 2 is 1.52 bits per heavy atom. The van der Waals surface area contributed by atoms with Gasteiger partial charge in [-0.1, -0.05) is 29.8 Å². The summed E-state index contributed by atoms with van der Waals surface area (Å²) in [6, 6.07) is 12.8. The highest BCUT2D eigenvalue weighted by molar-refractivity contribution is 6.30. The molecule has 0 unspecified atom stereocenters. The lowest BCUT2D eigenvalue weighted by Crippen LogP contribution is -2.34. The van der Waals surface area contributed by atoms with Crippen LogP contribution in [0.3, 0.4) is 0 Å². The number of carbonyl (C=O) groups is 1. The van der Waals surface area contributed by atoms with E-state index in [-0.39, 0.29) is 6.03 Å². The Kier molecular flexibility index (Phi) is 4.88. The molecule has 1 aliphatic rings. The van der Waals surface area contributed by atoms with Crippen LogP contribution in [-0.2, 0) is 13.1 Å². The first-order chi connectivity index (χ1) is 11.2. The average molecular weight is 333 g/mol. The predicted octanol–water partition coefficient (Wildman–Crippen LogP) is 3.11. The highest BCUT2D eigenvalue weighted by atomic mass is 35.5. The van der Waals surface area contributed by atoms with Crippen LogP contribution in [0.2, 0.25) is 5.02 Å². The van der Waals surface area contributed by atoms with E-state index >= 15 is 0 Å². The van der Waals surface area contributed by atoms with E-state index in [0.717, 1.165) is 22.6 Å². The number of rotatable bonds is 4. The molecule has 1 aliphatic heterocycles. The van der Waals surface area contributed by atoms with Crippen LogP contribution in [0.15, 0.2) is 42.5 Å². The van der Waals surface area contributed by atoms with E-state index < -0.39 is 0 Å². The maximum atomic E-state index is 11.8. The lowest BCUT2D eigenvalue weighted by molar-refractivity contribution is 0.171. The maximum Gasteiger partial charge on any atom is 0.315 e. The summed E-state index contributed by atoms with van der Waals surface area (Å²) in [4.78, 5) is 11.8. The van der Waals surface area contributed by atoms with Crippen LogP contribution in [0.5, 0.6) is 11.5 Å². The van der Waals surface area contributed by atoms with Crippen LogP contribution < -0.4 is 20.1 Å². The molecule has 0 saturated carbocycles. The van der Waals surface area contributed by atoms with Crippen LogP contribution >= 0.6 is 11.6 Å². The van der Waals surface area contributed by atoms with E-state index in [1.54, 1.807) is 12.1 Å². The van der Waals surface area contributed by atoms with Gasteiger partial charge in [-0.25, -0.2) is 4.79 Å². The van der Waals surface area contributed by atoms with Gasteiger partial charge in [-0.3, -0.25) is 0 Å². The number of benzene rings is 2. The van der Waals surface area contributed by atoms with E-state index in [1.165, 1.54) is 0 Å². The molecule has 0 bridgehead atoms. The Labute approximate surface area is 139 Å².